The minimum Gasteiger partial charge on any atom is -0.373 e. The Labute approximate surface area is 119 Å². The van der Waals surface area contributed by atoms with E-state index in [0.717, 1.165) is 46.9 Å². The van der Waals surface area contributed by atoms with Crippen LogP contribution >= 0.6 is 0 Å². The fourth-order valence-corrected chi connectivity index (χ4v) is 2.30. The lowest BCUT2D eigenvalue weighted by molar-refractivity contribution is 0.627. The van der Waals surface area contributed by atoms with E-state index in [1.165, 1.54) is 12.1 Å². The van der Waals surface area contributed by atoms with Crippen molar-refractivity contribution in [3.63, 3.8) is 0 Å². The zero-order valence-electron chi connectivity index (χ0n) is 12.4. The van der Waals surface area contributed by atoms with E-state index in [1.807, 2.05) is 27.0 Å². The molecule has 0 amide bonds. The summed E-state index contributed by atoms with van der Waals surface area (Å²) >= 11 is 0. The molecule has 1 N–H and O–H groups in total. The van der Waals surface area contributed by atoms with Crippen LogP contribution in [0.4, 0.5) is 10.2 Å². The third kappa shape index (κ3) is 2.95. The molecule has 0 spiro atoms. The molecule has 0 aliphatic heterocycles. The van der Waals surface area contributed by atoms with Crippen molar-refractivity contribution < 1.29 is 4.39 Å². The monoisotopic (exact) mass is 273 g/mol. The van der Waals surface area contributed by atoms with Crippen LogP contribution in [0.2, 0.25) is 0 Å². The summed E-state index contributed by atoms with van der Waals surface area (Å²) in [5.74, 6) is 1.36. The maximum Gasteiger partial charge on any atom is 0.132 e. The minimum absolute atomic E-state index is 0.235. The molecule has 2 rings (SSSR count). The number of halogens is 1. The zero-order valence-corrected chi connectivity index (χ0v) is 12.4. The highest BCUT2D eigenvalue weighted by atomic mass is 19.1. The molecule has 20 heavy (non-hydrogen) atoms. The summed E-state index contributed by atoms with van der Waals surface area (Å²) in [6, 6.07) is 5.00. The van der Waals surface area contributed by atoms with Crippen molar-refractivity contribution in [2.24, 2.45) is 0 Å². The molecule has 0 bridgehead atoms. The predicted octanol–water partition coefficient (Wildman–Crippen LogP) is 3.89. The molecule has 0 unspecified atom stereocenters. The van der Waals surface area contributed by atoms with Crippen LogP contribution in [0, 0.1) is 19.7 Å². The second-order valence-electron chi connectivity index (χ2n) is 4.98. The fraction of sp³-hybridized carbons (Fsp3) is 0.375. The SMILES string of the molecule is CCCc1nc(NC)c(C)c(-c2cc(C)cc(F)c2)n1. The number of nitrogens with zero attached hydrogens (tertiary/aromatic N) is 2. The normalized spacial score (nSPS) is 10.7. The first-order valence-corrected chi connectivity index (χ1v) is 6.88. The van der Waals surface area contributed by atoms with Crippen molar-refractivity contribution in [2.75, 3.05) is 12.4 Å². The first-order chi connectivity index (χ1) is 9.55. The summed E-state index contributed by atoms with van der Waals surface area (Å²) in [5.41, 5.74) is 3.44. The van der Waals surface area contributed by atoms with E-state index in [0.29, 0.717) is 0 Å². The van der Waals surface area contributed by atoms with Crippen molar-refractivity contribution in [1.82, 2.24) is 9.97 Å². The number of rotatable bonds is 4. The molecular formula is C16H20FN3. The highest BCUT2D eigenvalue weighted by Crippen LogP contribution is 2.27. The van der Waals surface area contributed by atoms with Crippen LogP contribution in [-0.2, 0) is 6.42 Å². The molecule has 0 saturated carbocycles. The third-order valence-electron chi connectivity index (χ3n) is 3.22. The highest BCUT2D eigenvalue weighted by molar-refractivity contribution is 5.68. The Kier molecular flexibility index (Phi) is 4.32. The van der Waals surface area contributed by atoms with Crippen LogP contribution < -0.4 is 5.32 Å². The Balaban J connectivity index is 2.61. The summed E-state index contributed by atoms with van der Waals surface area (Å²) < 4.78 is 13.6. The summed E-state index contributed by atoms with van der Waals surface area (Å²) in [5, 5.41) is 3.09. The molecule has 0 radical (unpaired) electrons. The summed E-state index contributed by atoms with van der Waals surface area (Å²) in [6.45, 7) is 5.93. The number of nitrogens with one attached hydrogen (secondary N) is 1. The van der Waals surface area contributed by atoms with Crippen LogP contribution in [0.3, 0.4) is 0 Å². The van der Waals surface area contributed by atoms with E-state index >= 15 is 0 Å². The maximum atomic E-state index is 13.6. The third-order valence-corrected chi connectivity index (χ3v) is 3.22. The number of benzene rings is 1. The van der Waals surface area contributed by atoms with E-state index in [-0.39, 0.29) is 5.82 Å². The van der Waals surface area contributed by atoms with Crippen LogP contribution in [-0.4, -0.2) is 17.0 Å². The first kappa shape index (κ1) is 14.4. The number of anilines is 1. The molecule has 3 nitrogen and oxygen atoms in total. The van der Waals surface area contributed by atoms with E-state index in [4.69, 9.17) is 0 Å². The van der Waals surface area contributed by atoms with Crippen LogP contribution in [0.5, 0.6) is 0 Å². The van der Waals surface area contributed by atoms with Gasteiger partial charge in [0.15, 0.2) is 0 Å². The van der Waals surface area contributed by atoms with Crippen molar-refractivity contribution in [3.05, 3.63) is 41.0 Å². The van der Waals surface area contributed by atoms with Crippen molar-refractivity contribution in [2.45, 2.75) is 33.6 Å². The van der Waals surface area contributed by atoms with Crippen LogP contribution in [0.1, 0.15) is 30.3 Å². The van der Waals surface area contributed by atoms with Gasteiger partial charge in [-0.3, -0.25) is 0 Å². The van der Waals surface area contributed by atoms with E-state index < -0.39 is 0 Å². The van der Waals surface area contributed by atoms with E-state index in [2.05, 4.69) is 22.2 Å². The Bertz CT molecular complexity index is 603. The van der Waals surface area contributed by atoms with Gasteiger partial charge in [0.05, 0.1) is 5.69 Å². The molecule has 0 aliphatic carbocycles. The Hall–Kier alpha value is -1.97. The van der Waals surface area contributed by atoms with Crippen molar-refractivity contribution >= 4 is 5.82 Å². The molecule has 4 heteroatoms. The molecule has 0 atom stereocenters. The molecular weight excluding hydrogens is 253 g/mol. The second kappa shape index (κ2) is 5.99. The second-order valence-corrected chi connectivity index (χ2v) is 4.98. The van der Waals surface area contributed by atoms with E-state index in [1.54, 1.807) is 0 Å². The lowest BCUT2D eigenvalue weighted by Crippen LogP contribution is -2.05. The minimum atomic E-state index is -0.235. The average molecular weight is 273 g/mol. The van der Waals surface area contributed by atoms with Gasteiger partial charge in [0.25, 0.3) is 0 Å². The van der Waals surface area contributed by atoms with Gasteiger partial charge in [-0.1, -0.05) is 6.92 Å². The van der Waals surface area contributed by atoms with Gasteiger partial charge < -0.3 is 5.32 Å². The standard InChI is InChI=1S/C16H20FN3/c1-5-6-14-19-15(11(3)16(18-4)20-14)12-7-10(2)8-13(17)9-12/h7-9H,5-6H2,1-4H3,(H,18,19,20). The molecule has 0 saturated heterocycles. The lowest BCUT2D eigenvalue weighted by atomic mass is 10.0. The molecule has 106 valence electrons. The number of hydrogen-bond acceptors (Lipinski definition) is 3. The Morgan fingerprint density at radius 2 is 1.90 bits per heavy atom. The predicted molar refractivity (Wildman–Crippen MR) is 80.4 cm³/mol. The summed E-state index contributed by atoms with van der Waals surface area (Å²) in [6.07, 6.45) is 1.80. The average Bonchev–Trinajstić information content (AvgIpc) is 2.39. The Morgan fingerprint density at radius 3 is 2.50 bits per heavy atom. The molecule has 2 aromatic rings. The number of aryl methyl sites for hydroxylation is 2. The fourth-order valence-electron chi connectivity index (χ4n) is 2.30. The van der Waals surface area contributed by atoms with Crippen molar-refractivity contribution in [1.29, 1.82) is 0 Å². The van der Waals surface area contributed by atoms with Crippen LogP contribution in [0.25, 0.3) is 11.3 Å². The molecule has 1 aromatic carbocycles. The summed E-state index contributed by atoms with van der Waals surface area (Å²) in [4.78, 5) is 9.10. The Morgan fingerprint density at radius 1 is 1.15 bits per heavy atom. The van der Waals surface area contributed by atoms with Gasteiger partial charge in [-0.25, -0.2) is 14.4 Å². The van der Waals surface area contributed by atoms with Gasteiger partial charge in [-0.15, -0.1) is 0 Å². The highest BCUT2D eigenvalue weighted by Gasteiger charge is 2.12. The van der Waals surface area contributed by atoms with Gasteiger partial charge in [0.2, 0.25) is 0 Å². The molecule has 0 fully saturated rings. The number of hydrogen-bond donors (Lipinski definition) is 1. The topological polar surface area (TPSA) is 37.8 Å². The summed E-state index contributed by atoms with van der Waals surface area (Å²) in [7, 11) is 1.84. The van der Waals surface area contributed by atoms with Gasteiger partial charge in [-0.05, 0) is 44.0 Å². The molecule has 0 aliphatic rings. The quantitative estimate of drug-likeness (QED) is 0.918. The largest absolute Gasteiger partial charge is 0.373 e. The first-order valence-electron chi connectivity index (χ1n) is 6.88. The lowest BCUT2D eigenvalue weighted by Gasteiger charge is -2.13. The number of aromatic nitrogens is 2. The van der Waals surface area contributed by atoms with Gasteiger partial charge in [0, 0.05) is 24.6 Å². The van der Waals surface area contributed by atoms with Gasteiger partial charge in [-0.2, -0.15) is 0 Å². The van der Waals surface area contributed by atoms with E-state index in [9.17, 15) is 4.39 Å². The van der Waals surface area contributed by atoms with Crippen molar-refractivity contribution in [3.8, 4) is 11.3 Å². The maximum absolute atomic E-state index is 13.6. The van der Waals surface area contributed by atoms with Gasteiger partial charge >= 0.3 is 0 Å². The smallest absolute Gasteiger partial charge is 0.132 e. The van der Waals surface area contributed by atoms with Gasteiger partial charge in [0.1, 0.15) is 17.5 Å². The molecule has 1 aromatic heterocycles. The zero-order chi connectivity index (χ0) is 14.7. The van der Waals surface area contributed by atoms with Crippen LogP contribution in [0.15, 0.2) is 18.2 Å². The molecule has 1 heterocycles.